The molecule has 0 bridgehead atoms. The van der Waals surface area contributed by atoms with Crippen molar-refractivity contribution in [2.75, 3.05) is 27.3 Å². The van der Waals surface area contributed by atoms with Gasteiger partial charge in [-0.2, -0.15) is 0 Å². The molecule has 2 unspecified atom stereocenters. The zero-order valence-corrected chi connectivity index (χ0v) is 21.6. The number of aliphatic hydroxyl groups excluding tert-OH is 1. The number of methoxy groups -OCH3 is 1. The number of hydrogen-bond donors (Lipinski definition) is 1. The lowest BCUT2D eigenvalue weighted by molar-refractivity contribution is -0.184. The van der Waals surface area contributed by atoms with Gasteiger partial charge in [0.25, 0.3) is 5.88 Å². The zero-order valence-electron chi connectivity index (χ0n) is 21.6. The van der Waals surface area contributed by atoms with Crippen LogP contribution in [0.5, 0.6) is 0 Å². The maximum atomic E-state index is 11.6. The Bertz CT molecular complexity index is 820. The van der Waals surface area contributed by atoms with Gasteiger partial charge in [-0.05, 0) is 49.7 Å². The summed E-state index contributed by atoms with van der Waals surface area (Å²) in [4.78, 5) is 23.8. The number of unbranched alkanes of at least 4 members (excludes halogenated alkanes) is 2. The molecular weight excluding hydrogens is 430 g/mol. The number of amidine groups is 1. The van der Waals surface area contributed by atoms with Gasteiger partial charge in [-0.25, -0.2) is 4.99 Å². The van der Waals surface area contributed by atoms with Crippen molar-refractivity contribution in [3.8, 4) is 0 Å². The molecule has 0 spiro atoms. The standard InChI is InChI=1S/C27H43N3O4/c1-6-8-9-13-24(23-14-10-12-22(7-2)17-23)18-26(28-20-31)30-19-25(15-11-16-33-5)29(4)34-27(30)21(3)32/h10,12,14,17,20,24-25,32H,6-9,11,13,15-16,18-19H2,1-5H3/b27-21-,28-26-. The second kappa shape index (κ2) is 14.8. The number of carbonyl (C=O) groups excluding carboxylic acids is 1. The Kier molecular flexibility index (Phi) is 12.1. The molecular formula is C27H43N3O4. The molecule has 1 aliphatic heterocycles. The summed E-state index contributed by atoms with van der Waals surface area (Å²) in [6, 6.07) is 8.80. The highest BCUT2D eigenvalue weighted by Gasteiger charge is 2.34. The van der Waals surface area contributed by atoms with Crippen molar-refractivity contribution in [3.05, 3.63) is 47.0 Å². The fourth-order valence-electron chi connectivity index (χ4n) is 4.50. The summed E-state index contributed by atoms with van der Waals surface area (Å²) in [7, 11) is 3.57. The molecule has 1 aromatic carbocycles. The SMILES string of the molecule is CCCCCC(C/C(=N/C=O)N1CC(CCCOC)N(C)O/C1=C(/C)O)c1cccc(CC)c1. The summed E-state index contributed by atoms with van der Waals surface area (Å²) < 4.78 is 5.22. The number of hydroxylamine groups is 2. The van der Waals surface area contributed by atoms with Crippen molar-refractivity contribution < 1.29 is 19.5 Å². The molecule has 7 nitrogen and oxygen atoms in total. The Labute approximate surface area is 205 Å². The monoisotopic (exact) mass is 473 g/mol. The van der Waals surface area contributed by atoms with E-state index in [0.717, 1.165) is 38.5 Å². The van der Waals surface area contributed by atoms with E-state index in [1.165, 1.54) is 17.5 Å². The number of rotatable bonds is 13. The zero-order chi connectivity index (χ0) is 24.9. The number of carbonyl (C=O) groups is 1. The number of aliphatic imine (C=N–C) groups is 1. The van der Waals surface area contributed by atoms with Gasteiger partial charge in [0.2, 0.25) is 6.41 Å². The summed E-state index contributed by atoms with van der Waals surface area (Å²) >= 11 is 0. The summed E-state index contributed by atoms with van der Waals surface area (Å²) in [5.74, 6) is 1.26. The van der Waals surface area contributed by atoms with Crippen LogP contribution in [0.2, 0.25) is 0 Å². The molecule has 190 valence electrons. The Morgan fingerprint density at radius 3 is 2.76 bits per heavy atom. The van der Waals surface area contributed by atoms with E-state index in [9.17, 15) is 9.90 Å². The van der Waals surface area contributed by atoms with E-state index in [1.54, 1.807) is 19.1 Å². The van der Waals surface area contributed by atoms with Crippen LogP contribution in [0.25, 0.3) is 0 Å². The lowest BCUT2D eigenvalue weighted by Crippen LogP contribution is -2.51. The smallest absolute Gasteiger partial charge is 0.257 e. The molecule has 1 heterocycles. The second-order valence-electron chi connectivity index (χ2n) is 9.07. The number of allylic oxidation sites excluding steroid dienone is 1. The molecule has 7 heteroatoms. The molecule has 2 atom stereocenters. The van der Waals surface area contributed by atoms with Crippen molar-refractivity contribution >= 4 is 12.2 Å². The van der Waals surface area contributed by atoms with Crippen LogP contribution in [-0.2, 0) is 20.8 Å². The molecule has 0 aliphatic carbocycles. The van der Waals surface area contributed by atoms with Gasteiger partial charge in [-0.3, -0.25) is 9.69 Å². The number of nitrogens with zero attached hydrogens (tertiary/aromatic N) is 3. The predicted molar refractivity (Wildman–Crippen MR) is 137 cm³/mol. The van der Waals surface area contributed by atoms with Crippen LogP contribution in [0.4, 0.5) is 0 Å². The number of aryl methyl sites for hydroxylation is 1. The van der Waals surface area contributed by atoms with Gasteiger partial charge in [0.15, 0.2) is 5.76 Å². The Hall–Kier alpha value is -2.38. The van der Waals surface area contributed by atoms with Crippen LogP contribution in [0, 0.1) is 0 Å². The minimum Gasteiger partial charge on any atom is -0.507 e. The lowest BCUT2D eigenvalue weighted by Gasteiger charge is -2.42. The normalized spacial score (nSPS) is 19.6. The minimum atomic E-state index is 0.0660. The van der Waals surface area contributed by atoms with E-state index in [1.807, 2.05) is 11.9 Å². The van der Waals surface area contributed by atoms with Crippen LogP contribution in [0.15, 0.2) is 40.9 Å². The van der Waals surface area contributed by atoms with Crippen LogP contribution in [-0.4, -0.2) is 60.7 Å². The third-order valence-corrected chi connectivity index (χ3v) is 6.51. The van der Waals surface area contributed by atoms with Gasteiger partial charge in [0, 0.05) is 33.7 Å². The quantitative estimate of drug-likeness (QED) is 0.133. The first-order valence-corrected chi connectivity index (χ1v) is 12.6. The first kappa shape index (κ1) is 27.9. The van der Waals surface area contributed by atoms with Crippen molar-refractivity contribution in [2.24, 2.45) is 4.99 Å². The van der Waals surface area contributed by atoms with Gasteiger partial charge in [-0.15, -0.1) is 5.06 Å². The van der Waals surface area contributed by atoms with Gasteiger partial charge in [-0.1, -0.05) is 57.4 Å². The van der Waals surface area contributed by atoms with Crippen LogP contribution in [0.3, 0.4) is 0 Å². The molecule has 1 saturated heterocycles. The molecule has 1 aromatic rings. The third kappa shape index (κ3) is 8.13. The minimum absolute atomic E-state index is 0.0660. The third-order valence-electron chi connectivity index (χ3n) is 6.51. The van der Waals surface area contributed by atoms with Crippen LogP contribution < -0.4 is 0 Å². The predicted octanol–water partition coefficient (Wildman–Crippen LogP) is 5.58. The topological polar surface area (TPSA) is 74.6 Å². The first-order chi connectivity index (χ1) is 16.4. The fraction of sp³-hybridized carbons (Fsp3) is 0.630. The van der Waals surface area contributed by atoms with Crippen molar-refractivity contribution in [3.63, 3.8) is 0 Å². The van der Waals surface area contributed by atoms with Gasteiger partial charge >= 0.3 is 0 Å². The first-order valence-electron chi connectivity index (χ1n) is 12.6. The fourth-order valence-corrected chi connectivity index (χ4v) is 4.50. The summed E-state index contributed by atoms with van der Waals surface area (Å²) in [6.45, 7) is 7.23. The highest BCUT2D eigenvalue weighted by atomic mass is 16.7. The van der Waals surface area contributed by atoms with Gasteiger partial charge in [0.05, 0.1) is 6.04 Å². The van der Waals surface area contributed by atoms with Gasteiger partial charge in [0.1, 0.15) is 5.84 Å². The highest BCUT2D eigenvalue weighted by Crippen LogP contribution is 2.31. The summed E-state index contributed by atoms with van der Waals surface area (Å²) in [5, 5.41) is 12.2. The molecule has 1 amide bonds. The summed E-state index contributed by atoms with van der Waals surface area (Å²) in [5.41, 5.74) is 2.58. The van der Waals surface area contributed by atoms with Crippen LogP contribution in [0.1, 0.15) is 82.8 Å². The van der Waals surface area contributed by atoms with E-state index in [4.69, 9.17) is 9.57 Å². The largest absolute Gasteiger partial charge is 0.507 e. The average molecular weight is 474 g/mol. The van der Waals surface area contributed by atoms with Crippen molar-refractivity contribution in [2.45, 2.75) is 84.1 Å². The maximum Gasteiger partial charge on any atom is 0.257 e. The van der Waals surface area contributed by atoms with E-state index in [2.05, 4.69) is 43.1 Å². The Morgan fingerprint density at radius 2 is 2.12 bits per heavy atom. The Morgan fingerprint density at radius 1 is 1.32 bits per heavy atom. The summed E-state index contributed by atoms with van der Waals surface area (Å²) in [6.07, 6.45) is 8.40. The van der Waals surface area contributed by atoms with E-state index < -0.39 is 0 Å². The lowest BCUT2D eigenvalue weighted by atomic mass is 9.88. The van der Waals surface area contributed by atoms with Crippen molar-refractivity contribution in [1.82, 2.24) is 9.96 Å². The number of amides is 1. The average Bonchev–Trinajstić information content (AvgIpc) is 2.83. The number of ether oxygens (including phenoxy) is 1. The molecule has 1 N–H and O–H groups in total. The molecule has 0 aromatic heterocycles. The van der Waals surface area contributed by atoms with E-state index in [0.29, 0.717) is 37.7 Å². The van der Waals surface area contributed by atoms with E-state index in [-0.39, 0.29) is 17.7 Å². The van der Waals surface area contributed by atoms with E-state index >= 15 is 0 Å². The second-order valence-corrected chi connectivity index (χ2v) is 9.07. The number of hydrogen-bond acceptors (Lipinski definition) is 5. The molecule has 1 aliphatic rings. The number of benzene rings is 1. The number of aliphatic hydroxyl groups is 1. The molecule has 2 rings (SSSR count). The highest BCUT2D eigenvalue weighted by molar-refractivity contribution is 5.89. The number of likely N-dealkylation sites (N-methyl/N-ethyl adjacent to an activating group) is 1. The maximum absolute atomic E-state index is 11.6. The molecule has 34 heavy (non-hydrogen) atoms. The molecule has 0 saturated carbocycles. The molecule has 0 radical (unpaired) electrons. The van der Waals surface area contributed by atoms with Crippen LogP contribution >= 0.6 is 0 Å². The van der Waals surface area contributed by atoms with Gasteiger partial charge < -0.3 is 14.7 Å². The molecule has 1 fully saturated rings. The Balaban J connectivity index is 2.35. The van der Waals surface area contributed by atoms with Crippen molar-refractivity contribution in [1.29, 1.82) is 0 Å².